The number of hydrogen-bond acceptors (Lipinski definition) is 9. The molecule has 3 N–H and O–H groups in total. The molecular weight excluding hydrogens is 496 g/mol. The van der Waals surface area contributed by atoms with Crippen molar-refractivity contribution in [2.24, 2.45) is 5.92 Å². The highest BCUT2D eigenvalue weighted by Gasteiger charge is 2.43. The van der Waals surface area contributed by atoms with Crippen LogP contribution in [0.1, 0.15) is 83.0 Å². The molecule has 0 spiro atoms. The average molecular weight is 535 g/mol. The monoisotopic (exact) mass is 534 g/mol. The second-order valence-electron chi connectivity index (χ2n) is 9.36. The van der Waals surface area contributed by atoms with Gasteiger partial charge in [0.15, 0.2) is 17.9 Å². The minimum atomic E-state index is -1.41. The largest absolute Gasteiger partial charge is 0.505 e. The van der Waals surface area contributed by atoms with Crippen molar-refractivity contribution in [1.29, 1.82) is 0 Å². The third kappa shape index (κ3) is 8.19. The summed E-state index contributed by atoms with van der Waals surface area (Å²) < 4.78 is 16.8. The lowest BCUT2D eigenvalue weighted by molar-refractivity contribution is -0.175. The summed E-state index contributed by atoms with van der Waals surface area (Å²) in [6, 6.07) is 2.71. The quantitative estimate of drug-likeness (QED) is 0.120. The first kappa shape index (κ1) is 30.6. The van der Waals surface area contributed by atoms with Crippen molar-refractivity contribution < 1.29 is 43.3 Å². The van der Waals surface area contributed by atoms with Gasteiger partial charge in [-0.05, 0) is 38.8 Å². The number of carbonyl (C=O) groups excluding carboxylic acids is 5. The number of unbranched alkanes of at least 4 members (excludes halogenated alkanes) is 3. The lowest BCUT2D eigenvalue weighted by Crippen LogP contribution is -2.50. The molecule has 210 valence electrons. The van der Waals surface area contributed by atoms with E-state index in [2.05, 4.69) is 17.6 Å². The molecule has 1 aromatic carbocycles. The van der Waals surface area contributed by atoms with Gasteiger partial charge in [-0.2, -0.15) is 0 Å². The molecule has 1 heterocycles. The van der Waals surface area contributed by atoms with Gasteiger partial charge >= 0.3 is 17.9 Å². The Morgan fingerprint density at radius 3 is 2.39 bits per heavy atom. The van der Waals surface area contributed by atoms with Crippen LogP contribution in [-0.2, 0) is 33.4 Å². The van der Waals surface area contributed by atoms with Crippen LogP contribution in [0.15, 0.2) is 18.2 Å². The fourth-order valence-corrected chi connectivity index (χ4v) is 4.28. The van der Waals surface area contributed by atoms with Crippen LogP contribution in [0.3, 0.4) is 0 Å². The van der Waals surface area contributed by atoms with Gasteiger partial charge in [0.2, 0.25) is 6.41 Å². The van der Waals surface area contributed by atoms with Crippen LogP contribution < -0.4 is 10.6 Å². The van der Waals surface area contributed by atoms with Crippen LogP contribution in [0.5, 0.6) is 5.75 Å². The summed E-state index contributed by atoms with van der Waals surface area (Å²) in [4.78, 5) is 62.5. The number of rotatable bonds is 12. The number of benzene rings is 1. The van der Waals surface area contributed by atoms with Gasteiger partial charge in [-0.15, -0.1) is 0 Å². The van der Waals surface area contributed by atoms with Crippen LogP contribution in [0.25, 0.3) is 0 Å². The predicted molar refractivity (Wildman–Crippen MR) is 137 cm³/mol. The molecule has 5 atom stereocenters. The number of cyclic esters (lactones) is 2. The van der Waals surface area contributed by atoms with Gasteiger partial charge in [0.05, 0.1) is 17.2 Å². The molecule has 1 saturated heterocycles. The van der Waals surface area contributed by atoms with E-state index >= 15 is 0 Å². The third-order valence-corrected chi connectivity index (χ3v) is 6.36. The first-order valence-corrected chi connectivity index (χ1v) is 13.1. The minimum absolute atomic E-state index is 0.000410. The molecule has 0 bridgehead atoms. The molecular formula is C27H38N2O9. The van der Waals surface area contributed by atoms with Crippen LogP contribution in [0.2, 0.25) is 0 Å². The zero-order valence-electron chi connectivity index (χ0n) is 22.4. The van der Waals surface area contributed by atoms with Crippen LogP contribution >= 0.6 is 0 Å². The Bertz CT molecular complexity index is 997. The Balaban J connectivity index is 2.33. The fourth-order valence-electron chi connectivity index (χ4n) is 4.28. The number of para-hydroxylation sites is 1. The second-order valence-corrected chi connectivity index (χ2v) is 9.36. The van der Waals surface area contributed by atoms with E-state index in [4.69, 9.17) is 14.2 Å². The van der Waals surface area contributed by atoms with Crippen molar-refractivity contribution >= 4 is 35.9 Å². The lowest BCUT2D eigenvalue weighted by Gasteiger charge is -2.29. The van der Waals surface area contributed by atoms with Crippen molar-refractivity contribution in [3.8, 4) is 5.75 Å². The second kappa shape index (κ2) is 14.9. The van der Waals surface area contributed by atoms with Gasteiger partial charge in [-0.25, -0.2) is 4.79 Å². The van der Waals surface area contributed by atoms with E-state index in [0.717, 1.165) is 19.3 Å². The van der Waals surface area contributed by atoms with Gasteiger partial charge in [0.1, 0.15) is 12.2 Å². The number of aromatic hydroxyl groups is 1. The Labute approximate surface area is 222 Å². The molecule has 0 aromatic heterocycles. The number of phenolic OH excluding ortho intramolecular Hbond substituents is 1. The van der Waals surface area contributed by atoms with Gasteiger partial charge in [0.25, 0.3) is 5.91 Å². The van der Waals surface area contributed by atoms with E-state index in [0.29, 0.717) is 25.7 Å². The summed E-state index contributed by atoms with van der Waals surface area (Å²) in [7, 11) is 0. The molecule has 0 aliphatic carbocycles. The third-order valence-electron chi connectivity index (χ3n) is 6.36. The number of esters is 3. The van der Waals surface area contributed by atoms with Crippen molar-refractivity contribution in [2.75, 3.05) is 5.32 Å². The number of carbonyl (C=O) groups is 5. The summed E-state index contributed by atoms with van der Waals surface area (Å²) in [5.74, 6) is -4.27. The van der Waals surface area contributed by atoms with Crippen molar-refractivity contribution in [3.63, 3.8) is 0 Å². The van der Waals surface area contributed by atoms with E-state index in [1.165, 1.54) is 32.0 Å². The maximum atomic E-state index is 13.3. The summed E-state index contributed by atoms with van der Waals surface area (Å²) in [5.41, 5.74) is -0.211. The number of ether oxygens (including phenoxy) is 3. The number of hydrogen-bond donors (Lipinski definition) is 3. The molecule has 2 amide bonds. The Kier molecular flexibility index (Phi) is 12.0. The molecule has 11 heteroatoms. The number of phenols is 1. The molecule has 2 rings (SSSR count). The fraction of sp³-hybridized carbons (Fsp3) is 0.593. The van der Waals surface area contributed by atoms with E-state index in [1.807, 2.05) is 6.92 Å². The van der Waals surface area contributed by atoms with Crippen LogP contribution in [0.4, 0.5) is 5.69 Å². The summed E-state index contributed by atoms with van der Waals surface area (Å²) >= 11 is 0. The molecule has 38 heavy (non-hydrogen) atoms. The number of amides is 2. The topological polar surface area (TPSA) is 157 Å². The van der Waals surface area contributed by atoms with E-state index in [1.54, 1.807) is 0 Å². The molecule has 0 saturated carbocycles. The maximum Gasteiger partial charge on any atom is 0.332 e. The first-order chi connectivity index (χ1) is 18.1. The predicted octanol–water partition coefficient (Wildman–Crippen LogP) is 3.23. The Morgan fingerprint density at radius 1 is 1.03 bits per heavy atom. The van der Waals surface area contributed by atoms with Gasteiger partial charge in [-0.3, -0.25) is 19.2 Å². The van der Waals surface area contributed by atoms with Crippen molar-refractivity contribution in [2.45, 2.75) is 97.0 Å². The summed E-state index contributed by atoms with van der Waals surface area (Å²) in [6.45, 7) is 6.86. The molecule has 1 fully saturated rings. The molecule has 1 aliphatic heterocycles. The Morgan fingerprint density at radius 2 is 1.74 bits per heavy atom. The standard InChI is InChI=1S/C27H38N2O9/c1-5-7-8-9-12-19-24(38-21(31)11-6-2)17(4)37-27(35)22(16(3)36-26(19)34)29-25(33)18-13-10-14-20(23(18)32)28-15-30/h10,13-17,19,22,24,32H,5-9,11-12H2,1-4H3,(H,28,30)(H,29,33). The normalized spacial score (nSPS) is 23.6. The molecule has 5 unspecified atom stereocenters. The Hall–Kier alpha value is -3.63. The first-order valence-electron chi connectivity index (χ1n) is 13.1. The van der Waals surface area contributed by atoms with Gasteiger partial charge < -0.3 is 30.0 Å². The maximum absolute atomic E-state index is 13.3. The van der Waals surface area contributed by atoms with Crippen molar-refractivity contribution in [3.05, 3.63) is 23.8 Å². The average Bonchev–Trinajstić information content (AvgIpc) is 2.89. The van der Waals surface area contributed by atoms with Crippen LogP contribution in [-0.4, -0.2) is 59.7 Å². The zero-order chi connectivity index (χ0) is 28.2. The molecule has 0 radical (unpaired) electrons. The summed E-state index contributed by atoms with van der Waals surface area (Å²) in [5, 5.41) is 15.1. The highest BCUT2D eigenvalue weighted by molar-refractivity contribution is 6.01. The van der Waals surface area contributed by atoms with E-state index in [-0.39, 0.29) is 17.7 Å². The lowest BCUT2D eigenvalue weighted by atomic mass is 9.92. The van der Waals surface area contributed by atoms with Crippen molar-refractivity contribution in [1.82, 2.24) is 5.32 Å². The van der Waals surface area contributed by atoms with Crippen LogP contribution in [0, 0.1) is 5.92 Å². The molecule has 1 aromatic rings. The van der Waals surface area contributed by atoms with E-state index in [9.17, 15) is 29.1 Å². The van der Waals surface area contributed by atoms with Gasteiger partial charge in [-0.1, -0.05) is 45.6 Å². The van der Waals surface area contributed by atoms with E-state index < -0.39 is 59.8 Å². The SMILES string of the molecule is CCCCCCC1C(=O)OC(C)C(NC(=O)c2cccc(NC=O)c2O)C(=O)OC(C)C1OC(=O)CCC. The molecule has 1 aliphatic rings. The minimum Gasteiger partial charge on any atom is -0.505 e. The number of nitrogens with one attached hydrogen (secondary N) is 2. The zero-order valence-corrected chi connectivity index (χ0v) is 22.4. The highest BCUT2D eigenvalue weighted by atomic mass is 16.6. The highest BCUT2D eigenvalue weighted by Crippen LogP contribution is 2.29. The smallest absolute Gasteiger partial charge is 0.332 e. The number of anilines is 1. The van der Waals surface area contributed by atoms with Gasteiger partial charge in [0, 0.05) is 6.42 Å². The molecule has 11 nitrogen and oxygen atoms in total. The summed E-state index contributed by atoms with van der Waals surface area (Å²) in [6.07, 6.45) is 1.78.